The van der Waals surface area contributed by atoms with Gasteiger partial charge in [-0.1, -0.05) is 12.1 Å². The Morgan fingerprint density at radius 3 is 2.65 bits per heavy atom. The smallest absolute Gasteiger partial charge is 0.256 e. The monoisotopic (exact) mass is 280 g/mol. The molecule has 20 heavy (non-hydrogen) atoms. The standard InChI is InChI=1S/C15H24N2O3/c1-11-6-5-7-13(14(11)16)15(18)17(8-9-19-3)12(2)10-20-4/h5-7,12H,8-10,16H2,1-4H3. The number of benzene rings is 1. The van der Waals surface area contributed by atoms with Gasteiger partial charge in [0.1, 0.15) is 0 Å². The second-order valence-corrected chi connectivity index (χ2v) is 4.83. The Labute approximate surface area is 120 Å². The van der Waals surface area contributed by atoms with E-state index < -0.39 is 0 Å². The zero-order chi connectivity index (χ0) is 15.1. The van der Waals surface area contributed by atoms with Gasteiger partial charge >= 0.3 is 0 Å². The first-order valence-electron chi connectivity index (χ1n) is 6.66. The largest absolute Gasteiger partial charge is 0.398 e. The number of anilines is 1. The summed E-state index contributed by atoms with van der Waals surface area (Å²) in [7, 11) is 3.24. The van der Waals surface area contributed by atoms with Crippen molar-refractivity contribution in [2.75, 3.05) is 39.7 Å². The predicted molar refractivity (Wildman–Crippen MR) is 79.8 cm³/mol. The first-order chi connectivity index (χ1) is 9.52. The fraction of sp³-hybridized carbons (Fsp3) is 0.533. The van der Waals surface area contributed by atoms with Crippen LogP contribution in [-0.2, 0) is 9.47 Å². The van der Waals surface area contributed by atoms with Crippen LogP contribution in [0.1, 0.15) is 22.8 Å². The normalized spacial score (nSPS) is 12.2. The molecule has 0 aliphatic rings. The van der Waals surface area contributed by atoms with Crippen molar-refractivity contribution in [3.05, 3.63) is 29.3 Å². The van der Waals surface area contributed by atoms with Gasteiger partial charge in [-0.15, -0.1) is 0 Å². The topological polar surface area (TPSA) is 64.8 Å². The Balaban J connectivity index is 2.99. The van der Waals surface area contributed by atoms with E-state index in [1.54, 1.807) is 25.2 Å². The van der Waals surface area contributed by atoms with Crippen molar-refractivity contribution in [2.24, 2.45) is 0 Å². The van der Waals surface area contributed by atoms with Crippen LogP contribution in [0.15, 0.2) is 18.2 Å². The molecule has 0 bridgehead atoms. The van der Waals surface area contributed by atoms with Gasteiger partial charge in [-0.05, 0) is 25.5 Å². The maximum Gasteiger partial charge on any atom is 0.256 e. The third-order valence-corrected chi connectivity index (χ3v) is 3.29. The first-order valence-corrected chi connectivity index (χ1v) is 6.66. The Morgan fingerprint density at radius 1 is 1.35 bits per heavy atom. The molecule has 0 aliphatic heterocycles. The number of nitrogen functional groups attached to an aromatic ring is 1. The number of amides is 1. The number of carbonyl (C=O) groups excluding carboxylic acids is 1. The molecule has 1 aromatic rings. The van der Waals surface area contributed by atoms with Crippen LogP contribution in [0.25, 0.3) is 0 Å². The Kier molecular flexibility index (Phi) is 6.48. The summed E-state index contributed by atoms with van der Waals surface area (Å²) in [6, 6.07) is 5.45. The van der Waals surface area contributed by atoms with Crippen LogP contribution in [0.4, 0.5) is 5.69 Å². The minimum Gasteiger partial charge on any atom is -0.398 e. The highest BCUT2D eigenvalue weighted by Gasteiger charge is 2.23. The van der Waals surface area contributed by atoms with E-state index in [0.717, 1.165) is 5.56 Å². The van der Waals surface area contributed by atoms with Crippen LogP contribution >= 0.6 is 0 Å². The maximum absolute atomic E-state index is 12.7. The highest BCUT2D eigenvalue weighted by Crippen LogP contribution is 2.19. The molecule has 112 valence electrons. The average molecular weight is 280 g/mol. The van der Waals surface area contributed by atoms with Gasteiger partial charge in [0.05, 0.1) is 24.8 Å². The molecular formula is C15H24N2O3. The second kappa shape index (κ2) is 7.87. The van der Waals surface area contributed by atoms with Gasteiger partial charge < -0.3 is 20.1 Å². The highest BCUT2D eigenvalue weighted by atomic mass is 16.5. The summed E-state index contributed by atoms with van der Waals surface area (Å²) < 4.78 is 10.2. The molecular weight excluding hydrogens is 256 g/mol. The lowest BCUT2D eigenvalue weighted by Gasteiger charge is -2.29. The lowest BCUT2D eigenvalue weighted by molar-refractivity contribution is 0.0480. The van der Waals surface area contributed by atoms with E-state index in [0.29, 0.717) is 31.0 Å². The van der Waals surface area contributed by atoms with Crippen molar-refractivity contribution >= 4 is 11.6 Å². The number of nitrogens with two attached hydrogens (primary N) is 1. The van der Waals surface area contributed by atoms with Crippen LogP contribution in [0.2, 0.25) is 0 Å². The third-order valence-electron chi connectivity index (χ3n) is 3.29. The number of nitrogens with zero attached hydrogens (tertiary/aromatic N) is 1. The number of hydrogen-bond acceptors (Lipinski definition) is 4. The van der Waals surface area contributed by atoms with Crippen molar-refractivity contribution in [1.82, 2.24) is 4.90 Å². The van der Waals surface area contributed by atoms with Crippen LogP contribution < -0.4 is 5.73 Å². The van der Waals surface area contributed by atoms with Gasteiger partial charge in [0.25, 0.3) is 5.91 Å². The van der Waals surface area contributed by atoms with Gasteiger partial charge in [-0.25, -0.2) is 0 Å². The molecule has 5 heteroatoms. The van der Waals surface area contributed by atoms with Gasteiger partial charge in [0.2, 0.25) is 0 Å². The number of hydrogen-bond donors (Lipinski definition) is 1. The molecule has 0 radical (unpaired) electrons. The third kappa shape index (κ3) is 3.95. The van der Waals surface area contributed by atoms with E-state index >= 15 is 0 Å². The van der Waals surface area contributed by atoms with Crippen molar-refractivity contribution in [3.63, 3.8) is 0 Å². The first kappa shape index (κ1) is 16.5. The number of rotatable bonds is 7. The van der Waals surface area contributed by atoms with Gasteiger partial charge in [0, 0.05) is 26.5 Å². The molecule has 2 N–H and O–H groups in total. The number of methoxy groups -OCH3 is 2. The number of carbonyl (C=O) groups is 1. The molecule has 1 amide bonds. The Bertz CT molecular complexity index is 449. The van der Waals surface area contributed by atoms with Crippen molar-refractivity contribution in [3.8, 4) is 0 Å². The Hall–Kier alpha value is -1.59. The summed E-state index contributed by atoms with van der Waals surface area (Å²) in [6.07, 6.45) is 0. The van der Waals surface area contributed by atoms with Crippen LogP contribution in [0, 0.1) is 6.92 Å². The summed E-state index contributed by atoms with van der Waals surface area (Å²) >= 11 is 0. The predicted octanol–water partition coefficient (Wildman–Crippen LogP) is 1.70. The molecule has 1 unspecified atom stereocenters. The van der Waals surface area contributed by atoms with E-state index in [-0.39, 0.29) is 11.9 Å². The van der Waals surface area contributed by atoms with Crippen LogP contribution in [0.5, 0.6) is 0 Å². The minimum atomic E-state index is -0.0900. The summed E-state index contributed by atoms with van der Waals surface area (Å²) in [5.41, 5.74) is 7.98. The van der Waals surface area contributed by atoms with E-state index in [4.69, 9.17) is 15.2 Å². The van der Waals surface area contributed by atoms with E-state index in [9.17, 15) is 4.79 Å². The van der Waals surface area contributed by atoms with Crippen LogP contribution in [-0.4, -0.2) is 50.8 Å². The van der Waals surface area contributed by atoms with E-state index in [2.05, 4.69) is 0 Å². The highest BCUT2D eigenvalue weighted by molar-refractivity contribution is 5.99. The number of ether oxygens (including phenoxy) is 2. The summed E-state index contributed by atoms with van der Waals surface area (Å²) in [4.78, 5) is 14.4. The molecule has 0 saturated carbocycles. The molecule has 0 heterocycles. The minimum absolute atomic E-state index is 0.0393. The molecule has 5 nitrogen and oxygen atoms in total. The second-order valence-electron chi connectivity index (χ2n) is 4.83. The molecule has 0 aliphatic carbocycles. The quantitative estimate of drug-likeness (QED) is 0.772. The molecule has 1 aromatic carbocycles. The molecule has 0 spiro atoms. The summed E-state index contributed by atoms with van der Waals surface area (Å²) in [6.45, 7) is 5.30. The van der Waals surface area contributed by atoms with Crippen molar-refractivity contribution in [2.45, 2.75) is 19.9 Å². The van der Waals surface area contributed by atoms with Gasteiger partial charge in [-0.2, -0.15) is 0 Å². The maximum atomic E-state index is 12.7. The van der Waals surface area contributed by atoms with E-state index in [1.165, 1.54) is 0 Å². The lowest BCUT2D eigenvalue weighted by atomic mass is 10.1. The SMILES string of the molecule is COCCN(C(=O)c1cccc(C)c1N)C(C)COC. The fourth-order valence-electron chi connectivity index (χ4n) is 2.06. The summed E-state index contributed by atoms with van der Waals surface area (Å²) in [5, 5.41) is 0. The zero-order valence-corrected chi connectivity index (χ0v) is 12.7. The summed E-state index contributed by atoms with van der Waals surface area (Å²) in [5.74, 6) is -0.0900. The molecule has 1 rings (SSSR count). The van der Waals surface area contributed by atoms with Crippen LogP contribution in [0.3, 0.4) is 0 Å². The van der Waals surface area contributed by atoms with Crippen molar-refractivity contribution in [1.29, 1.82) is 0 Å². The lowest BCUT2D eigenvalue weighted by Crippen LogP contribution is -2.43. The average Bonchev–Trinajstić information content (AvgIpc) is 2.42. The number of para-hydroxylation sites is 1. The molecule has 0 fully saturated rings. The van der Waals surface area contributed by atoms with E-state index in [1.807, 2.05) is 26.0 Å². The van der Waals surface area contributed by atoms with Gasteiger partial charge in [0.15, 0.2) is 0 Å². The molecule has 1 atom stereocenters. The Morgan fingerprint density at radius 2 is 2.05 bits per heavy atom. The zero-order valence-electron chi connectivity index (χ0n) is 12.7. The van der Waals surface area contributed by atoms with Crippen molar-refractivity contribution < 1.29 is 14.3 Å². The van der Waals surface area contributed by atoms with Gasteiger partial charge in [-0.3, -0.25) is 4.79 Å². The molecule has 0 aromatic heterocycles. The molecule has 0 saturated heterocycles. The fourth-order valence-corrected chi connectivity index (χ4v) is 2.06. The number of aryl methyl sites for hydroxylation is 1.